The molecule has 0 bridgehead atoms. The van der Waals surface area contributed by atoms with E-state index in [1.54, 1.807) is 0 Å². The van der Waals surface area contributed by atoms with Crippen LogP contribution >= 0.6 is 0 Å². The van der Waals surface area contributed by atoms with Crippen LogP contribution in [0.1, 0.15) is 25.8 Å². The van der Waals surface area contributed by atoms with Gasteiger partial charge in [-0.05, 0) is 18.1 Å². The van der Waals surface area contributed by atoms with Crippen molar-refractivity contribution in [1.29, 1.82) is 0 Å². The average Bonchev–Trinajstić information content (AvgIpc) is 2.89. The molecule has 3 aromatic rings. The van der Waals surface area contributed by atoms with Gasteiger partial charge < -0.3 is 14.2 Å². The van der Waals surface area contributed by atoms with Gasteiger partial charge in [-0.1, -0.05) is 44.2 Å². The molecule has 3 heteroatoms. The molecule has 3 unspecified atom stereocenters. The van der Waals surface area contributed by atoms with E-state index in [0.29, 0.717) is 6.17 Å². The number of hydrogen-bond donors (Lipinski definition) is 0. The lowest BCUT2D eigenvalue weighted by Crippen LogP contribution is -2.49. The first-order valence-electron chi connectivity index (χ1n) is 8.68. The molecule has 1 fully saturated rings. The Morgan fingerprint density at radius 3 is 2.75 bits per heavy atom. The van der Waals surface area contributed by atoms with Crippen LogP contribution in [0.5, 0.6) is 0 Å². The van der Waals surface area contributed by atoms with Crippen LogP contribution in [0.2, 0.25) is 0 Å². The molecule has 1 aromatic heterocycles. The highest BCUT2D eigenvalue weighted by Crippen LogP contribution is 2.73. The van der Waals surface area contributed by atoms with E-state index >= 15 is 0 Å². The Bertz CT molecular complexity index is 1060. The van der Waals surface area contributed by atoms with Crippen LogP contribution < -0.4 is 4.90 Å². The van der Waals surface area contributed by atoms with Gasteiger partial charge in [0.05, 0.1) is 5.69 Å². The van der Waals surface area contributed by atoms with E-state index in [0.717, 1.165) is 11.2 Å². The van der Waals surface area contributed by atoms with Crippen LogP contribution in [-0.4, -0.2) is 18.1 Å². The highest BCUT2D eigenvalue weighted by Gasteiger charge is 2.71. The highest BCUT2D eigenvalue weighted by atomic mass is 16.3. The van der Waals surface area contributed by atoms with Gasteiger partial charge in [-0.15, -0.1) is 0 Å². The van der Waals surface area contributed by atoms with Gasteiger partial charge in [0, 0.05) is 41.1 Å². The fourth-order valence-electron chi connectivity index (χ4n) is 5.44. The minimum atomic E-state index is 0.233. The van der Waals surface area contributed by atoms with Gasteiger partial charge in [0.1, 0.15) is 11.7 Å². The second kappa shape index (κ2) is 3.64. The van der Waals surface area contributed by atoms with Crippen molar-refractivity contribution < 1.29 is 4.42 Å². The molecule has 3 nitrogen and oxygen atoms in total. The maximum Gasteiger partial charge on any atom is 0.159 e. The highest BCUT2D eigenvalue weighted by molar-refractivity contribution is 6.10. The Kier molecular flexibility index (Phi) is 1.96. The molecule has 120 valence electrons. The molecule has 3 aliphatic rings. The number of fused-ring (bicyclic) bond motifs is 10. The van der Waals surface area contributed by atoms with Crippen LogP contribution in [0.4, 0.5) is 5.69 Å². The van der Waals surface area contributed by atoms with E-state index in [1.807, 2.05) is 6.07 Å². The van der Waals surface area contributed by atoms with Crippen molar-refractivity contribution in [2.75, 3.05) is 11.9 Å². The fourth-order valence-corrected chi connectivity index (χ4v) is 5.44. The lowest BCUT2D eigenvalue weighted by atomic mass is 9.81. The summed E-state index contributed by atoms with van der Waals surface area (Å²) in [6.45, 7) is 4.85. The Balaban J connectivity index is 1.75. The van der Waals surface area contributed by atoms with Crippen molar-refractivity contribution in [3.05, 3.63) is 54.4 Å². The maximum absolute atomic E-state index is 6.34. The smallest absolute Gasteiger partial charge is 0.159 e. The van der Waals surface area contributed by atoms with Gasteiger partial charge in [-0.25, -0.2) is 0 Å². The Hall–Kier alpha value is -2.42. The van der Waals surface area contributed by atoms with Crippen LogP contribution in [0.3, 0.4) is 0 Å². The van der Waals surface area contributed by atoms with Crippen molar-refractivity contribution in [2.24, 2.45) is 5.41 Å². The van der Waals surface area contributed by atoms with Crippen molar-refractivity contribution in [2.45, 2.75) is 31.8 Å². The van der Waals surface area contributed by atoms with Crippen molar-refractivity contribution >= 4 is 27.6 Å². The van der Waals surface area contributed by atoms with Crippen molar-refractivity contribution in [3.8, 4) is 0 Å². The fraction of sp³-hybridized carbons (Fsp3) is 0.333. The molecular formula is C21H20N2O. The minimum absolute atomic E-state index is 0.233. The monoisotopic (exact) mass is 316 g/mol. The van der Waals surface area contributed by atoms with Crippen molar-refractivity contribution in [3.63, 3.8) is 0 Å². The van der Waals surface area contributed by atoms with Gasteiger partial charge in [-0.2, -0.15) is 0 Å². The summed E-state index contributed by atoms with van der Waals surface area (Å²) in [5.74, 6) is 0. The Labute approximate surface area is 141 Å². The third-order valence-electron chi connectivity index (χ3n) is 6.91. The maximum atomic E-state index is 6.34. The molecule has 2 aliphatic heterocycles. The molecule has 0 amide bonds. The van der Waals surface area contributed by atoms with Gasteiger partial charge in [-0.3, -0.25) is 0 Å². The van der Waals surface area contributed by atoms with Gasteiger partial charge >= 0.3 is 0 Å². The van der Waals surface area contributed by atoms with Crippen LogP contribution in [0, 0.1) is 5.41 Å². The zero-order valence-corrected chi connectivity index (χ0v) is 14.2. The molecule has 6 rings (SSSR count). The SMILES string of the molecule is CN1C=CN2c3c(ccc4c3oc3ccccc34)C3(C)CC3(C)C12. The first kappa shape index (κ1) is 12.9. The first-order chi connectivity index (χ1) is 11.5. The third kappa shape index (κ3) is 1.18. The van der Waals surface area contributed by atoms with Crippen LogP contribution in [-0.2, 0) is 5.41 Å². The minimum Gasteiger partial charge on any atom is -0.454 e. The van der Waals surface area contributed by atoms with E-state index in [-0.39, 0.29) is 10.8 Å². The molecule has 1 saturated carbocycles. The van der Waals surface area contributed by atoms with Crippen LogP contribution in [0.25, 0.3) is 21.9 Å². The Morgan fingerprint density at radius 1 is 1.04 bits per heavy atom. The first-order valence-corrected chi connectivity index (χ1v) is 8.68. The summed E-state index contributed by atoms with van der Waals surface area (Å²) in [4.78, 5) is 4.80. The molecule has 0 spiro atoms. The zero-order valence-electron chi connectivity index (χ0n) is 14.2. The number of rotatable bonds is 0. The normalized spacial score (nSPS) is 33.0. The Morgan fingerprint density at radius 2 is 1.88 bits per heavy atom. The van der Waals surface area contributed by atoms with Crippen LogP contribution in [0.15, 0.2) is 53.2 Å². The third-order valence-corrected chi connectivity index (χ3v) is 6.91. The lowest BCUT2D eigenvalue weighted by Gasteiger charge is -2.43. The van der Waals surface area contributed by atoms with Gasteiger partial charge in [0.2, 0.25) is 0 Å². The average molecular weight is 316 g/mol. The molecular weight excluding hydrogens is 296 g/mol. The summed E-state index contributed by atoms with van der Waals surface area (Å²) < 4.78 is 6.34. The van der Waals surface area contributed by atoms with E-state index in [2.05, 4.69) is 73.4 Å². The molecule has 0 radical (unpaired) electrons. The summed E-state index contributed by atoms with van der Waals surface area (Å²) in [6, 6.07) is 13.0. The molecule has 0 saturated heterocycles. The van der Waals surface area contributed by atoms with E-state index in [1.165, 1.54) is 28.4 Å². The standard InChI is InChI=1S/C21H20N2O/c1-20-12-21(20,2)19-22(3)10-11-23(19)17-15(20)9-8-14-13-6-4-5-7-16(13)24-18(14)17/h4-11,19H,12H2,1-3H3. The second-order valence-electron chi connectivity index (χ2n) is 8.11. The summed E-state index contributed by atoms with van der Waals surface area (Å²) >= 11 is 0. The predicted octanol–water partition coefficient (Wildman–Crippen LogP) is 4.82. The number of para-hydroxylation sites is 1. The summed E-state index contributed by atoms with van der Waals surface area (Å²) in [5, 5.41) is 2.43. The second-order valence-corrected chi connectivity index (χ2v) is 8.11. The van der Waals surface area contributed by atoms with Crippen molar-refractivity contribution in [1.82, 2.24) is 4.90 Å². The molecule has 2 aromatic carbocycles. The lowest BCUT2D eigenvalue weighted by molar-refractivity contribution is 0.220. The number of nitrogens with zero attached hydrogens (tertiary/aromatic N) is 2. The van der Waals surface area contributed by atoms with Gasteiger partial charge in [0.15, 0.2) is 5.58 Å². The number of benzene rings is 2. The molecule has 3 atom stereocenters. The number of anilines is 1. The predicted molar refractivity (Wildman–Crippen MR) is 97.0 cm³/mol. The zero-order chi connectivity index (χ0) is 16.3. The molecule has 1 aliphatic carbocycles. The number of hydrogen-bond acceptors (Lipinski definition) is 3. The largest absolute Gasteiger partial charge is 0.454 e. The molecule has 24 heavy (non-hydrogen) atoms. The summed E-state index contributed by atoms with van der Waals surface area (Å²) in [5.41, 5.74) is 5.24. The van der Waals surface area contributed by atoms with E-state index in [9.17, 15) is 0 Å². The number of furan rings is 1. The molecule has 0 N–H and O–H groups in total. The van der Waals surface area contributed by atoms with E-state index < -0.39 is 0 Å². The molecule has 3 heterocycles. The summed E-state index contributed by atoms with van der Waals surface area (Å²) in [6.07, 6.45) is 6.03. The van der Waals surface area contributed by atoms with E-state index in [4.69, 9.17) is 4.42 Å². The quantitative estimate of drug-likeness (QED) is 0.593. The topological polar surface area (TPSA) is 19.6 Å². The van der Waals surface area contributed by atoms with Gasteiger partial charge in [0.25, 0.3) is 0 Å². The summed E-state index contributed by atoms with van der Waals surface area (Å²) in [7, 11) is 2.19.